The first kappa shape index (κ1) is 15.4. The lowest BCUT2D eigenvalue weighted by atomic mass is 10.2. The Labute approximate surface area is 134 Å². The Morgan fingerprint density at radius 3 is 2.90 bits per heavy atom. The molecular formula is C15H22N2O2S2. The smallest absolute Gasteiger partial charge is 0.268 e. The molecule has 0 saturated heterocycles. The molecule has 1 saturated carbocycles. The van der Waals surface area contributed by atoms with E-state index in [1.165, 1.54) is 25.7 Å². The molecule has 4 nitrogen and oxygen atoms in total. The molecule has 1 aromatic rings. The Morgan fingerprint density at radius 2 is 2.19 bits per heavy atom. The summed E-state index contributed by atoms with van der Waals surface area (Å²) in [6.07, 6.45) is 6.01. The molecule has 0 amide bonds. The number of aromatic nitrogens is 2. The van der Waals surface area contributed by atoms with E-state index < -0.39 is 0 Å². The monoisotopic (exact) mass is 326 g/mol. The van der Waals surface area contributed by atoms with E-state index in [0.29, 0.717) is 23.7 Å². The van der Waals surface area contributed by atoms with Crippen molar-refractivity contribution >= 4 is 23.5 Å². The molecule has 3 rings (SSSR count). The highest BCUT2D eigenvalue weighted by molar-refractivity contribution is 8.00. The van der Waals surface area contributed by atoms with Gasteiger partial charge in [0.2, 0.25) is 0 Å². The van der Waals surface area contributed by atoms with Gasteiger partial charge in [0.1, 0.15) is 0 Å². The number of ether oxygens (including phenoxy) is 1. The number of thioether (sulfide) groups is 2. The van der Waals surface area contributed by atoms with E-state index in [1.54, 1.807) is 30.6 Å². The molecule has 2 aliphatic rings. The molecule has 0 radical (unpaired) electrons. The molecule has 116 valence electrons. The molecule has 1 aliphatic heterocycles. The summed E-state index contributed by atoms with van der Waals surface area (Å²) >= 11 is 3.47. The maximum atomic E-state index is 12.7. The number of hydrogen-bond donors (Lipinski definition) is 0. The van der Waals surface area contributed by atoms with Gasteiger partial charge in [-0.3, -0.25) is 9.36 Å². The molecule has 0 bridgehead atoms. The lowest BCUT2D eigenvalue weighted by molar-refractivity contribution is 0.182. The van der Waals surface area contributed by atoms with Crippen LogP contribution in [0.1, 0.15) is 38.3 Å². The number of hydrogen-bond acceptors (Lipinski definition) is 5. The van der Waals surface area contributed by atoms with Crippen molar-refractivity contribution in [1.82, 2.24) is 9.55 Å². The van der Waals surface area contributed by atoms with Gasteiger partial charge in [0.05, 0.1) is 23.7 Å². The maximum Gasteiger partial charge on any atom is 0.268 e. The van der Waals surface area contributed by atoms with Gasteiger partial charge < -0.3 is 4.74 Å². The van der Waals surface area contributed by atoms with Crippen molar-refractivity contribution in [3.05, 3.63) is 16.0 Å². The fourth-order valence-corrected chi connectivity index (χ4v) is 5.41. The van der Waals surface area contributed by atoms with Crippen LogP contribution in [0.4, 0.5) is 0 Å². The fourth-order valence-electron chi connectivity index (χ4n) is 2.96. The third-order valence-electron chi connectivity index (χ3n) is 4.06. The molecule has 1 unspecified atom stereocenters. The molecule has 6 heteroatoms. The summed E-state index contributed by atoms with van der Waals surface area (Å²) in [5, 5.41) is 1.98. The molecule has 1 atom stereocenters. The molecule has 0 spiro atoms. The lowest BCUT2D eigenvalue weighted by Gasteiger charge is -2.15. The van der Waals surface area contributed by atoms with Gasteiger partial charge in [-0.25, -0.2) is 4.98 Å². The Hall–Kier alpha value is -0.460. The standard InChI is InChI=1S/C15H22N2O2S2/c1-10-9-12-13(20-10)14(18)17(7-8-19-2)15(16-12)21-11-5-3-4-6-11/h10-11H,3-9H2,1-2H3. The van der Waals surface area contributed by atoms with Crippen LogP contribution in [0.2, 0.25) is 0 Å². The van der Waals surface area contributed by atoms with Gasteiger partial charge >= 0.3 is 0 Å². The van der Waals surface area contributed by atoms with Crippen LogP contribution < -0.4 is 5.56 Å². The van der Waals surface area contributed by atoms with Crippen LogP contribution in [0, 0.1) is 0 Å². The minimum atomic E-state index is 0.131. The zero-order chi connectivity index (χ0) is 14.8. The first-order valence-corrected chi connectivity index (χ1v) is 9.41. The summed E-state index contributed by atoms with van der Waals surface area (Å²) in [5.74, 6) is 0. The summed E-state index contributed by atoms with van der Waals surface area (Å²) in [7, 11) is 1.67. The van der Waals surface area contributed by atoms with Crippen molar-refractivity contribution in [3.63, 3.8) is 0 Å². The first-order valence-electron chi connectivity index (χ1n) is 7.65. The molecule has 1 aromatic heterocycles. The average molecular weight is 326 g/mol. The number of methoxy groups -OCH3 is 1. The molecule has 0 aromatic carbocycles. The maximum absolute atomic E-state index is 12.7. The zero-order valence-electron chi connectivity index (χ0n) is 12.6. The van der Waals surface area contributed by atoms with Crippen LogP contribution in [-0.2, 0) is 17.7 Å². The van der Waals surface area contributed by atoms with Crippen LogP contribution in [-0.4, -0.2) is 33.8 Å². The summed E-state index contributed by atoms with van der Waals surface area (Å²) in [6, 6.07) is 0. The number of rotatable bonds is 5. The van der Waals surface area contributed by atoms with E-state index in [0.717, 1.165) is 22.2 Å². The third-order valence-corrected chi connectivity index (χ3v) is 6.60. The summed E-state index contributed by atoms with van der Waals surface area (Å²) in [5.41, 5.74) is 1.14. The lowest BCUT2D eigenvalue weighted by Crippen LogP contribution is -2.27. The molecule has 0 N–H and O–H groups in total. The second kappa shape index (κ2) is 6.75. The zero-order valence-corrected chi connectivity index (χ0v) is 14.3. The van der Waals surface area contributed by atoms with Crippen molar-refractivity contribution in [2.45, 2.75) is 66.1 Å². The second-order valence-electron chi connectivity index (χ2n) is 5.78. The third kappa shape index (κ3) is 3.32. The Morgan fingerprint density at radius 1 is 1.43 bits per heavy atom. The summed E-state index contributed by atoms with van der Waals surface area (Å²) < 4.78 is 6.99. The Kier molecular flexibility index (Phi) is 4.96. The topological polar surface area (TPSA) is 44.1 Å². The van der Waals surface area contributed by atoms with E-state index in [2.05, 4.69) is 6.92 Å². The first-order chi connectivity index (χ1) is 10.2. The summed E-state index contributed by atoms with van der Waals surface area (Å²) in [4.78, 5) is 18.4. The predicted octanol–water partition coefficient (Wildman–Crippen LogP) is 2.96. The minimum absolute atomic E-state index is 0.131. The van der Waals surface area contributed by atoms with Gasteiger partial charge in [-0.15, -0.1) is 11.8 Å². The van der Waals surface area contributed by atoms with Gasteiger partial charge in [0.25, 0.3) is 5.56 Å². The quantitative estimate of drug-likeness (QED) is 0.778. The highest BCUT2D eigenvalue weighted by Gasteiger charge is 2.27. The SMILES string of the molecule is COCCn1c(SC2CCCC2)nc2c(c1=O)SC(C)C2. The van der Waals surface area contributed by atoms with Gasteiger partial charge in [-0.1, -0.05) is 31.5 Å². The highest BCUT2D eigenvalue weighted by Crippen LogP contribution is 2.37. The molecule has 21 heavy (non-hydrogen) atoms. The molecule has 1 aliphatic carbocycles. The fraction of sp³-hybridized carbons (Fsp3) is 0.733. The van der Waals surface area contributed by atoms with Crippen molar-refractivity contribution in [1.29, 1.82) is 0 Å². The molecular weight excluding hydrogens is 304 g/mol. The summed E-state index contributed by atoms with van der Waals surface area (Å²) in [6.45, 7) is 3.31. The van der Waals surface area contributed by atoms with E-state index >= 15 is 0 Å². The van der Waals surface area contributed by atoms with Crippen molar-refractivity contribution in [2.75, 3.05) is 13.7 Å². The van der Waals surface area contributed by atoms with Crippen LogP contribution >= 0.6 is 23.5 Å². The van der Waals surface area contributed by atoms with Crippen LogP contribution in [0.15, 0.2) is 14.8 Å². The van der Waals surface area contributed by atoms with E-state index in [-0.39, 0.29) is 5.56 Å². The minimum Gasteiger partial charge on any atom is -0.383 e. The Bertz CT molecular complexity index is 568. The van der Waals surface area contributed by atoms with Gasteiger partial charge in [0.15, 0.2) is 5.16 Å². The van der Waals surface area contributed by atoms with Crippen molar-refractivity contribution < 1.29 is 4.74 Å². The van der Waals surface area contributed by atoms with Gasteiger partial charge in [-0.05, 0) is 12.8 Å². The van der Waals surface area contributed by atoms with Crippen molar-refractivity contribution in [2.24, 2.45) is 0 Å². The van der Waals surface area contributed by atoms with Gasteiger partial charge in [0, 0.05) is 24.0 Å². The Balaban J connectivity index is 1.94. The predicted molar refractivity (Wildman–Crippen MR) is 87.5 cm³/mol. The van der Waals surface area contributed by atoms with Crippen LogP contribution in [0.5, 0.6) is 0 Å². The van der Waals surface area contributed by atoms with E-state index in [1.807, 2.05) is 4.57 Å². The van der Waals surface area contributed by atoms with Crippen LogP contribution in [0.25, 0.3) is 0 Å². The highest BCUT2D eigenvalue weighted by atomic mass is 32.2. The van der Waals surface area contributed by atoms with Crippen LogP contribution in [0.3, 0.4) is 0 Å². The van der Waals surface area contributed by atoms with Gasteiger partial charge in [-0.2, -0.15) is 0 Å². The number of nitrogens with zero attached hydrogens (tertiary/aromatic N) is 2. The second-order valence-corrected chi connectivity index (χ2v) is 8.49. The molecule has 2 heterocycles. The largest absolute Gasteiger partial charge is 0.383 e. The normalized spacial score (nSPS) is 21.9. The number of fused-ring (bicyclic) bond motifs is 1. The molecule has 1 fully saturated rings. The average Bonchev–Trinajstić information content (AvgIpc) is 3.08. The van der Waals surface area contributed by atoms with Crippen molar-refractivity contribution in [3.8, 4) is 0 Å². The van der Waals surface area contributed by atoms with E-state index in [4.69, 9.17) is 9.72 Å². The van der Waals surface area contributed by atoms with E-state index in [9.17, 15) is 4.79 Å².